The van der Waals surface area contributed by atoms with Crippen LogP contribution in [0.15, 0.2) is 4.99 Å². The fraction of sp³-hybridized carbons (Fsp3) is 0.812. The van der Waals surface area contributed by atoms with E-state index in [4.69, 9.17) is 21.9 Å². The Morgan fingerprint density at radius 3 is 2.30 bits per heavy atom. The monoisotopic (exact) mass is 328 g/mol. The number of carbonyl (C=O) groups excluding carboxylic acids is 2. The van der Waals surface area contributed by atoms with Crippen molar-refractivity contribution in [2.45, 2.75) is 77.2 Å². The zero-order valence-electron chi connectivity index (χ0n) is 14.3. The van der Waals surface area contributed by atoms with Crippen molar-refractivity contribution in [2.75, 3.05) is 6.54 Å². The van der Waals surface area contributed by atoms with E-state index in [-0.39, 0.29) is 18.3 Å². The maximum Gasteiger partial charge on any atom is 0.306 e. The highest BCUT2D eigenvalue weighted by atomic mass is 16.5. The third-order valence-electron chi connectivity index (χ3n) is 3.44. The Morgan fingerprint density at radius 2 is 1.70 bits per heavy atom. The Hall–Kier alpha value is -1.79. The van der Waals surface area contributed by atoms with Gasteiger partial charge in [0.25, 0.3) is 0 Å². The van der Waals surface area contributed by atoms with E-state index in [1.165, 1.54) is 12.8 Å². The lowest BCUT2D eigenvalue weighted by atomic mass is 10.1. The topological polar surface area (TPSA) is 134 Å². The third kappa shape index (κ3) is 14.9. The molecule has 0 bridgehead atoms. The molecular weight excluding hydrogens is 296 g/mol. The van der Waals surface area contributed by atoms with Crippen molar-refractivity contribution in [3.63, 3.8) is 0 Å². The summed E-state index contributed by atoms with van der Waals surface area (Å²) in [6.45, 7) is 2.67. The molecule has 0 aromatic heterocycles. The lowest BCUT2D eigenvalue weighted by molar-refractivity contribution is -0.150. The lowest BCUT2D eigenvalue weighted by Gasteiger charge is -2.16. The van der Waals surface area contributed by atoms with Crippen LogP contribution < -0.4 is 17.2 Å². The van der Waals surface area contributed by atoms with Crippen LogP contribution in [0.5, 0.6) is 0 Å². The van der Waals surface area contributed by atoms with Gasteiger partial charge in [-0.2, -0.15) is 0 Å². The molecule has 0 fully saturated rings. The summed E-state index contributed by atoms with van der Waals surface area (Å²) in [5.74, 6) is -0.653. The molecule has 23 heavy (non-hydrogen) atoms. The number of rotatable bonds is 14. The molecule has 0 aromatic carbocycles. The normalized spacial score (nSPS) is 11.7. The first-order chi connectivity index (χ1) is 11.0. The van der Waals surface area contributed by atoms with Gasteiger partial charge < -0.3 is 21.9 Å². The average Bonchev–Trinajstić information content (AvgIpc) is 2.45. The molecule has 7 heteroatoms. The molecular formula is C16H32N4O3. The van der Waals surface area contributed by atoms with Gasteiger partial charge >= 0.3 is 5.97 Å². The number of aliphatic imine (C=N–C) groups is 1. The van der Waals surface area contributed by atoms with Crippen LogP contribution >= 0.6 is 0 Å². The molecule has 0 saturated heterocycles. The Bertz CT molecular complexity index is 368. The van der Waals surface area contributed by atoms with Gasteiger partial charge in [0.1, 0.15) is 6.10 Å². The van der Waals surface area contributed by atoms with Crippen LogP contribution in [0.4, 0.5) is 0 Å². The van der Waals surface area contributed by atoms with E-state index in [0.29, 0.717) is 19.4 Å². The maximum absolute atomic E-state index is 11.8. The molecule has 1 amide bonds. The molecule has 6 N–H and O–H groups in total. The Labute approximate surface area is 139 Å². The van der Waals surface area contributed by atoms with E-state index < -0.39 is 12.0 Å². The lowest BCUT2D eigenvalue weighted by Crippen LogP contribution is -2.25. The van der Waals surface area contributed by atoms with Crippen LogP contribution in [0.3, 0.4) is 0 Å². The van der Waals surface area contributed by atoms with E-state index in [0.717, 1.165) is 32.1 Å². The van der Waals surface area contributed by atoms with Crippen molar-refractivity contribution < 1.29 is 14.3 Å². The summed E-state index contributed by atoms with van der Waals surface area (Å²) in [5, 5.41) is 0. The highest BCUT2D eigenvalue weighted by molar-refractivity contribution is 5.76. The Morgan fingerprint density at radius 1 is 1.00 bits per heavy atom. The summed E-state index contributed by atoms with van der Waals surface area (Å²) in [7, 11) is 0. The van der Waals surface area contributed by atoms with Crippen molar-refractivity contribution in [1.29, 1.82) is 0 Å². The van der Waals surface area contributed by atoms with E-state index in [2.05, 4.69) is 11.9 Å². The van der Waals surface area contributed by atoms with E-state index in [1.807, 2.05) is 0 Å². The number of carbonyl (C=O) groups is 2. The van der Waals surface area contributed by atoms with Gasteiger partial charge in [-0.15, -0.1) is 0 Å². The SMILES string of the molecule is CCCCCCCC(=O)O[C@@H](CCCCN=C(N)N)CC(N)=O. The zero-order valence-corrected chi connectivity index (χ0v) is 14.3. The number of guanidine groups is 1. The van der Waals surface area contributed by atoms with Crippen LogP contribution in [0, 0.1) is 0 Å². The summed E-state index contributed by atoms with van der Waals surface area (Å²) in [4.78, 5) is 26.8. The second-order valence-corrected chi connectivity index (χ2v) is 5.75. The molecule has 0 saturated carbocycles. The molecule has 0 aliphatic rings. The minimum Gasteiger partial charge on any atom is -0.462 e. The highest BCUT2D eigenvalue weighted by Crippen LogP contribution is 2.12. The van der Waals surface area contributed by atoms with Crippen LogP contribution in [0.25, 0.3) is 0 Å². The van der Waals surface area contributed by atoms with Gasteiger partial charge in [0, 0.05) is 13.0 Å². The molecule has 0 unspecified atom stereocenters. The number of nitrogens with two attached hydrogens (primary N) is 3. The van der Waals surface area contributed by atoms with Crippen LogP contribution in [-0.4, -0.2) is 30.5 Å². The molecule has 0 rings (SSSR count). The van der Waals surface area contributed by atoms with Crippen LogP contribution in [-0.2, 0) is 14.3 Å². The standard InChI is InChI=1S/C16H32N4O3/c1-2-3-4-5-6-10-15(22)23-13(12-14(17)21)9-7-8-11-20-16(18)19/h13H,2-12H2,1H3,(H2,17,21)(H4,18,19,20)/t13-/m0/s1. The maximum atomic E-state index is 11.8. The minimum absolute atomic E-state index is 0.0594. The fourth-order valence-electron chi connectivity index (χ4n) is 2.24. The summed E-state index contributed by atoms with van der Waals surface area (Å²) >= 11 is 0. The summed E-state index contributed by atoms with van der Waals surface area (Å²) in [6, 6.07) is 0. The van der Waals surface area contributed by atoms with Gasteiger partial charge in [0.05, 0.1) is 6.42 Å². The number of nitrogens with zero attached hydrogens (tertiary/aromatic N) is 1. The van der Waals surface area contributed by atoms with Crippen LogP contribution in [0.1, 0.15) is 71.1 Å². The van der Waals surface area contributed by atoms with E-state index >= 15 is 0 Å². The largest absolute Gasteiger partial charge is 0.462 e. The fourth-order valence-corrected chi connectivity index (χ4v) is 2.24. The molecule has 0 radical (unpaired) electrons. The number of unbranched alkanes of at least 4 members (excludes halogenated alkanes) is 5. The number of esters is 1. The van der Waals surface area contributed by atoms with Gasteiger partial charge in [-0.05, 0) is 25.7 Å². The molecule has 7 nitrogen and oxygen atoms in total. The highest BCUT2D eigenvalue weighted by Gasteiger charge is 2.16. The molecule has 0 spiro atoms. The number of hydrogen-bond acceptors (Lipinski definition) is 4. The molecule has 134 valence electrons. The van der Waals surface area contributed by atoms with Crippen molar-refractivity contribution in [1.82, 2.24) is 0 Å². The molecule has 0 heterocycles. The molecule has 0 aliphatic carbocycles. The number of ether oxygens (including phenoxy) is 1. The molecule has 0 aromatic rings. The predicted octanol–water partition coefficient (Wildman–Crippen LogP) is 1.58. The summed E-state index contributed by atoms with van der Waals surface area (Å²) < 4.78 is 5.37. The molecule has 1 atom stereocenters. The van der Waals surface area contributed by atoms with Gasteiger partial charge in [-0.3, -0.25) is 14.6 Å². The van der Waals surface area contributed by atoms with E-state index in [9.17, 15) is 9.59 Å². The van der Waals surface area contributed by atoms with Gasteiger partial charge in [0.2, 0.25) is 5.91 Å². The van der Waals surface area contributed by atoms with Gasteiger partial charge in [-0.1, -0.05) is 32.6 Å². The Balaban J connectivity index is 4.00. The predicted molar refractivity (Wildman–Crippen MR) is 91.6 cm³/mol. The van der Waals surface area contributed by atoms with Gasteiger partial charge in [0.15, 0.2) is 5.96 Å². The molecule has 0 aliphatic heterocycles. The first-order valence-corrected chi connectivity index (χ1v) is 8.48. The van der Waals surface area contributed by atoms with Crippen LogP contribution in [0.2, 0.25) is 0 Å². The summed E-state index contributed by atoms with van der Waals surface area (Å²) in [5.41, 5.74) is 15.7. The summed E-state index contributed by atoms with van der Waals surface area (Å²) in [6.07, 6.45) is 7.48. The number of amides is 1. The second kappa shape index (κ2) is 13.8. The van der Waals surface area contributed by atoms with Crippen molar-refractivity contribution >= 4 is 17.8 Å². The zero-order chi connectivity index (χ0) is 17.5. The number of primary amides is 1. The van der Waals surface area contributed by atoms with Crippen molar-refractivity contribution in [2.24, 2.45) is 22.2 Å². The van der Waals surface area contributed by atoms with Crippen molar-refractivity contribution in [3.05, 3.63) is 0 Å². The third-order valence-corrected chi connectivity index (χ3v) is 3.44. The van der Waals surface area contributed by atoms with Gasteiger partial charge in [-0.25, -0.2) is 0 Å². The number of hydrogen-bond donors (Lipinski definition) is 3. The quantitative estimate of drug-likeness (QED) is 0.193. The first-order valence-electron chi connectivity index (χ1n) is 8.48. The van der Waals surface area contributed by atoms with E-state index in [1.54, 1.807) is 0 Å². The van der Waals surface area contributed by atoms with Crippen molar-refractivity contribution in [3.8, 4) is 0 Å². The smallest absolute Gasteiger partial charge is 0.306 e. The first kappa shape index (κ1) is 21.2. The minimum atomic E-state index is -0.463. The Kier molecular flexibility index (Phi) is 12.8. The average molecular weight is 328 g/mol. The second-order valence-electron chi connectivity index (χ2n) is 5.75.